The van der Waals surface area contributed by atoms with Gasteiger partial charge in [-0.1, -0.05) is 54.6 Å². The third-order valence-corrected chi connectivity index (χ3v) is 9.62. The van der Waals surface area contributed by atoms with Crippen LogP contribution in [0.25, 0.3) is 0 Å². The minimum absolute atomic E-state index is 0.0283. The van der Waals surface area contributed by atoms with E-state index in [1.165, 1.54) is 0 Å². The summed E-state index contributed by atoms with van der Waals surface area (Å²) in [5.74, 6) is -0.207. The molecule has 0 unspecified atom stereocenters. The molecular weight excluding hydrogens is 652 g/mol. The van der Waals surface area contributed by atoms with Crippen molar-refractivity contribution in [3.05, 3.63) is 130 Å². The lowest BCUT2D eigenvalue weighted by Gasteiger charge is -2.14. The SMILES string of the molecule is O=C(Cc1cccc(C(=O)Cc2ccc(CC(=O)CN3CCCC3)cc2)c1)Cc1cccc(C(=O)Nc2ccc(NC(=O)CN3CCCC3)cc2)c1. The summed E-state index contributed by atoms with van der Waals surface area (Å²) in [5.41, 5.74) is 5.55. The average molecular weight is 699 g/mol. The molecule has 0 atom stereocenters. The number of rotatable bonds is 16. The van der Waals surface area contributed by atoms with Gasteiger partial charge in [0.15, 0.2) is 11.6 Å². The van der Waals surface area contributed by atoms with Crippen LogP contribution in [0.3, 0.4) is 0 Å². The topological polar surface area (TPSA) is 116 Å². The van der Waals surface area contributed by atoms with Crippen LogP contribution in [-0.2, 0) is 40.1 Å². The lowest BCUT2D eigenvalue weighted by Crippen LogP contribution is -2.30. The van der Waals surface area contributed by atoms with Gasteiger partial charge in [-0.2, -0.15) is 0 Å². The minimum Gasteiger partial charge on any atom is -0.325 e. The molecule has 2 N–H and O–H groups in total. The third kappa shape index (κ3) is 10.9. The standard InChI is InChI=1S/C43H46N4O5/c48-39(26-33-7-5-9-35(23-33)41(50)28-32-13-11-31(12-14-32)25-40(49)29-46-19-1-2-20-46)27-34-8-6-10-36(24-34)43(52)45-38-17-15-37(16-18-38)44-42(51)30-47-21-3-4-22-47/h5-18,23-24H,1-4,19-22,25-30H2,(H,44,51)(H,45,52). The van der Waals surface area contributed by atoms with Crippen molar-refractivity contribution in [2.45, 2.75) is 51.4 Å². The maximum Gasteiger partial charge on any atom is 0.255 e. The summed E-state index contributed by atoms with van der Waals surface area (Å²) >= 11 is 0. The largest absolute Gasteiger partial charge is 0.325 e. The highest BCUT2D eigenvalue weighted by Gasteiger charge is 2.17. The van der Waals surface area contributed by atoms with Gasteiger partial charge >= 0.3 is 0 Å². The van der Waals surface area contributed by atoms with Crippen molar-refractivity contribution in [3.8, 4) is 0 Å². The van der Waals surface area contributed by atoms with E-state index in [-0.39, 0.29) is 48.4 Å². The van der Waals surface area contributed by atoms with Crippen LogP contribution in [0.1, 0.15) is 68.7 Å². The number of carbonyl (C=O) groups is 5. The molecule has 9 heteroatoms. The molecule has 268 valence electrons. The van der Waals surface area contributed by atoms with E-state index >= 15 is 0 Å². The molecule has 2 aliphatic rings. The van der Waals surface area contributed by atoms with Crippen molar-refractivity contribution >= 4 is 40.5 Å². The number of nitrogens with zero attached hydrogens (tertiary/aromatic N) is 2. The number of carbonyl (C=O) groups excluding carboxylic acids is 5. The van der Waals surface area contributed by atoms with E-state index in [9.17, 15) is 24.0 Å². The number of Topliss-reactive ketones (excluding diaryl/α,β-unsaturated/α-hetero) is 3. The van der Waals surface area contributed by atoms with Gasteiger partial charge in [-0.3, -0.25) is 33.8 Å². The summed E-state index contributed by atoms with van der Waals surface area (Å²) in [6, 6.07) is 28.9. The Bertz CT molecular complexity index is 1750. The third-order valence-electron chi connectivity index (χ3n) is 9.62. The number of benzene rings is 4. The van der Waals surface area contributed by atoms with Gasteiger partial charge in [-0.05, 0) is 117 Å². The highest BCUT2D eigenvalue weighted by molar-refractivity contribution is 6.04. The molecule has 2 fully saturated rings. The Kier molecular flexibility index (Phi) is 12.5. The Labute approximate surface area is 305 Å². The van der Waals surface area contributed by atoms with Gasteiger partial charge < -0.3 is 10.6 Å². The van der Waals surface area contributed by atoms with Crippen LogP contribution in [0.4, 0.5) is 11.4 Å². The summed E-state index contributed by atoms with van der Waals surface area (Å²) in [6.45, 7) is 4.78. The summed E-state index contributed by atoms with van der Waals surface area (Å²) in [6.07, 6.45) is 5.52. The molecule has 0 aliphatic carbocycles. The molecular formula is C43H46N4O5. The lowest BCUT2D eigenvalue weighted by molar-refractivity contribution is -0.119. The predicted octanol–water partition coefficient (Wildman–Crippen LogP) is 5.96. The molecule has 0 bridgehead atoms. The Morgan fingerprint density at radius 2 is 0.962 bits per heavy atom. The first-order valence-electron chi connectivity index (χ1n) is 18.2. The number of anilines is 2. The van der Waals surface area contributed by atoms with Crippen molar-refractivity contribution in [1.29, 1.82) is 0 Å². The molecule has 4 aromatic carbocycles. The maximum atomic E-state index is 13.1. The predicted molar refractivity (Wildman–Crippen MR) is 203 cm³/mol. The van der Waals surface area contributed by atoms with Crippen LogP contribution < -0.4 is 10.6 Å². The van der Waals surface area contributed by atoms with Crippen LogP contribution in [0.2, 0.25) is 0 Å². The van der Waals surface area contributed by atoms with Crippen LogP contribution in [0.5, 0.6) is 0 Å². The highest BCUT2D eigenvalue weighted by Crippen LogP contribution is 2.18. The Hall–Kier alpha value is -5.25. The van der Waals surface area contributed by atoms with Gasteiger partial charge in [-0.15, -0.1) is 0 Å². The zero-order chi connectivity index (χ0) is 36.3. The van der Waals surface area contributed by atoms with Crippen molar-refractivity contribution in [2.75, 3.05) is 49.9 Å². The minimum atomic E-state index is -0.299. The van der Waals surface area contributed by atoms with Crippen LogP contribution in [-0.4, -0.2) is 78.2 Å². The molecule has 2 aliphatic heterocycles. The number of likely N-dealkylation sites (tertiary alicyclic amines) is 2. The monoisotopic (exact) mass is 698 g/mol. The zero-order valence-electron chi connectivity index (χ0n) is 29.6. The van der Waals surface area contributed by atoms with E-state index in [0.717, 1.165) is 74.1 Å². The summed E-state index contributed by atoms with van der Waals surface area (Å²) in [4.78, 5) is 68.4. The number of nitrogens with one attached hydrogen (secondary N) is 2. The second-order valence-electron chi connectivity index (χ2n) is 14.0. The molecule has 6 rings (SSSR count). The number of ketones is 3. The molecule has 0 radical (unpaired) electrons. The molecule has 0 spiro atoms. The highest BCUT2D eigenvalue weighted by atomic mass is 16.2. The van der Waals surface area contributed by atoms with Crippen molar-refractivity contribution in [1.82, 2.24) is 9.80 Å². The molecule has 2 heterocycles. The van der Waals surface area contributed by atoms with E-state index in [1.54, 1.807) is 60.7 Å². The summed E-state index contributed by atoms with van der Waals surface area (Å²) in [5, 5.41) is 5.79. The second kappa shape index (κ2) is 17.8. The maximum absolute atomic E-state index is 13.1. The molecule has 0 saturated carbocycles. The Morgan fingerprint density at radius 3 is 1.56 bits per heavy atom. The van der Waals surface area contributed by atoms with Gasteiger partial charge in [0.05, 0.1) is 13.1 Å². The Morgan fingerprint density at radius 1 is 0.481 bits per heavy atom. The van der Waals surface area contributed by atoms with Crippen molar-refractivity contribution < 1.29 is 24.0 Å². The quantitative estimate of drug-likeness (QED) is 0.139. The number of amides is 2. The number of hydrogen-bond acceptors (Lipinski definition) is 7. The van der Waals surface area contributed by atoms with Gasteiger partial charge in [0, 0.05) is 48.2 Å². The Balaban J connectivity index is 0.964. The first-order chi connectivity index (χ1) is 25.3. The van der Waals surface area contributed by atoms with E-state index in [2.05, 4.69) is 20.4 Å². The van der Waals surface area contributed by atoms with Crippen molar-refractivity contribution in [3.63, 3.8) is 0 Å². The average Bonchev–Trinajstić information content (AvgIpc) is 3.85. The fourth-order valence-electron chi connectivity index (χ4n) is 6.92. The normalized spacial score (nSPS) is 14.6. The van der Waals surface area contributed by atoms with Crippen LogP contribution >= 0.6 is 0 Å². The van der Waals surface area contributed by atoms with E-state index in [0.29, 0.717) is 42.0 Å². The van der Waals surface area contributed by atoms with Gasteiger partial charge in [0.2, 0.25) is 5.91 Å². The molecule has 2 amide bonds. The lowest BCUT2D eigenvalue weighted by atomic mass is 9.97. The smallest absolute Gasteiger partial charge is 0.255 e. The van der Waals surface area contributed by atoms with Gasteiger partial charge in [0.25, 0.3) is 5.91 Å². The first kappa shape index (κ1) is 36.5. The van der Waals surface area contributed by atoms with Crippen LogP contribution in [0.15, 0.2) is 97.1 Å². The zero-order valence-corrected chi connectivity index (χ0v) is 29.6. The fourth-order valence-corrected chi connectivity index (χ4v) is 6.92. The van der Waals surface area contributed by atoms with Crippen molar-refractivity contribution in [2.24, 2.45) is 0 Å². The molecule has 0 aromatic heterocycles. The molecule has 4 aromatic rings. The van der Waals surface area contributed by atoms with E-state index in [1.807, 2.05) is 36.4 Å². The fraction of sp³-hybridized carbons (Fsp3) is 0.326. The molecule has 9 nitrogen and oxygen atoms in total. The van der Waals surface area contributed by atoms with E-state index < -0.39 is 0 Å². The second-order valence-corrected chi connectivity index (χ2v) is 14.0. The van der Waals surface area contributed by atoms with E-state index in [4.69, 9.17) is 0 Å². The molecule has 2 saturated heterocycles. The van der Waals surface area contributed by atoms with Crippen LogP contribution in [0, 0.1) is 0 Å². The number of hydrogen-bond donors (Lipinski definition) is 2. The van der Waals surface area contributed by atoms with Gasteiger partial charge in [-0.25, -0.2) is 0 Å². The first-order valence-corrected chi connectivity index (χ1v) is 18.2. The summed E-state index contributed by atoms with van der Waals surface area (Å²) < 4.78 is 0. The van der Waals surface area contributed by atoms with Gasteiger partial charge in [0.1, 0.15) is 5.78 Å². The summed E-state index contributed by atoms with van der Waals surface area (Å²) in [7, 11) is 0. The molecule has 52 heavy (non-hydrogen) atoms.